The van der Waals surface area contributed by atoms with Crippen LogP contribution in [0, 0.1) is 0 Å². The van der Waals surface area contributed by atoms with Gasteiger partial charge in [0.05, 0.1) is 18.1 Å². The molecule has 0 aliphatic carbocycles. The fourth-order valence-corrected chi connectivity index (χ4v) is 1.48. The van der Waals surface area contributed by atoms with E-state index in [9.17, 15) is 0 Å². The molecule has 0 radical (unpaired) electrons. The molecule has 1 N–H and O–H groups in total. The molecular formula is C11H19NO2. The number of ether oxygens (including phenoxy) is 1. The van der Waals surface area contributed by atoms with E-state index in [1.807, 2.05) is 13.1 Å². The Morgan fingerprint density at radius 1 is 1.57 bits per heavy atom. The number of methoxy groups -OCH3 is 1. The molecule has 0 aliphatic heterocycles. The Morgan fingerprint density at radius 3 is 2.71 bits per heavy atom. The van der Waals surface area contributed by atoms with E-state index in [1.54, 1.807) is 19.6 Å². The second kappa shape index (κ2) is 4.62. The number of hydrogen-bond donors (Lipinski definition) is 1. The Labute approximate surface area is 85.4 Å². The molecule has 0 amide bonds. The van der Waals surface area contributed by atoms with Crippen molar-refractivity contribution >= 4 is 0 Å². The van der Waals surface area contributed by atoms with Gasteiger partial charge in [0.2, 0.25) is 0 Å². The normalized spacial score (nSPS) is 14.3. The summed E-state index contributed by atoms with van der Waals surface area (Å²) in [5.74, 6) is 0. The largest absolute Gasteiger partial charge is 0.472 e. The van der Waals surface area contributed by atoms with E-state index < -0.39 is 0 Å². The summed E-state index contributed by atoms with van der Waals surface area (Å²) in [6.07, 6.45) is 4.38. The molecular weight excluding hydrogens is 178 g/mol. The summed E-state index contributed by atoms with van der Waals surface area (Å²) >= 11 is 0. The van der Waals surface area contributed by atoms with E-state index in [0.29, 0.717) is 0 Å². The topological polar surface area (TPSA) is 34.4 Å². The van der Waals surface area contributed by atoms with E-state index in [2.05, 4.69) is 19.2 Å². The molecule has 0 aliphatic rings. The highest BCUT2D eigenvalue weighted by Crippen LogP contribution is 2.17. The van der Waals surface area contributed by atoms with Gasteiger partial charge in [-0.25, -0.2) is 0 Å². The molecule has 0 fully saturated rings. The van der Waals surface area contributed by atoms with Crippen molar-refractivity contribution in [1.29, 1.82) is 0 Å². The fraction of sp³-hybridized carbons (Fsp3) is 0.636. The van der Waals surface area contributed by atoms with Crippen LogP contribution in [0.4, 0.5) is 0 Å². The second-order valence-electron chi connectivity index (χ2n) is 3.98. The third-order valence-corrected chi connectivity index (χ3v) is 2.73. The highest BCUT2D eigenvalue weighted by atomic mass is 16.5. The van der Waals surface area contributed by atoms with Gasteiger partial charge in [0.25, 0.3) is 0 Å². The summed E-state index contributed by atoms with van der Waals surface area (Å²) in [4.78, 5) is 0. The summed E-state index contributed by atoms with van der Waals surface area (Å²) in [7, 11) is 3.69. The lowest BCUT2D eigenvalue weighted by molar-refractivity contribution is -0.00799. The third kappa shape index (κ3) is 2.59. The van der Waals surface area contributed by atoms with Crippen LogP contribution >= 0.6 is 0 Å². The van der Waals surface area contributed by atoms with Crippen LogP contribution < -0.4 is 5.32 Å². The molecule has 1 atom stereocenters. The molecule has 0 saturated carbocycles. The average Bonchev–Trinajstić information content (AvgIpc) is 2.66. The summed E-state index contributed by atoms with van der Waals surface area (Å²) in [5, 5.41) is 3.26. The van der Waals surface area contributed by atoms with E-state index in [0.717, 1.165) is 6.42 Å². The first-order chi connectivity index (χ1) is 6.60. The number of furan rings is 1. The third-order valence-electron chi connectivity index (χ3n) is 2.73. The summed E-state index contributed by atoms with van der Waals surface area (Å²) in [6.45, 7) is 4.16. The molecule has 3 nitrogen and oxygen atoms in total. The summed E-state index contributed by atoms with van der Waals surface area (Å²) in [6, 6.07) is 2.26. The molecule has 0 saturated heterocycles. The predicted molar refractivity (Wildman–Crippen MR) is 56.3 cm³/mol. The van der Waals surface area contributed by atoms with E-state index in [4.69, 9.17) is 9.15 Å². The zero-order valence-corrected chi connectivity index (χ0v) is 9.33. The number of hydrogen-bond acceptors (Lipinski definition) is 3. The molecule has 1 aromatic rings. The van der Waals surface area contributed by atoms with Crippen LogP contribution in [0.25, 0.3) is 0 Å². The summed E-state index contributed by atoms with van der Waals surface area (Å²) in [5.41, 5.74) is 1.01. The zero-order valence-electron chi connectivity index (χ0n) is 9.33. The fourth-order valence-electron chi connectivity index (χ4n) is 1.48. The molecule has 0 bridgehead atoms. The van der Waals surface area contributed by atoms with E-state index >= 15 is 0 Å². The number of rotatable bonds is 5. The van der Waals surface area contributed by atoms with Gasteiger partial charge in [0.15, 0.2) is 0 Å². The Hall–Kier alpha value is -0.800. The van der Waals surface area contributed by atoms with Crippen molar-refractivity contribution in [3.63, 3.8) is 0 Å². The number of likely N-dealkylation sites (N-methyl/N-ethyl adjacent to an activating group) is 1. The maximum atomic E-state index is 5.45. The Morgan fingerprint density at radius 2 is 2.29 bits per heavy atom. The number of nitrogens with one attached hydrogen (secondary N) is 1. The highest BCUT2D eigenvalue weighted by molar-refractivity contribution is 5.09. The molecule has 1 heterocycles. The van der Waals surface area contributed by atoms with Crippen LogP contribution in [0.3, 0.4) is 0 Å². The van der Waals surface area contributed by atoms with Crippen LogP contribution in [-0.4, -0.2) is 25.8 Å². The van der Waals surface area contributed by atoms with Gasteiger partial charge in [-0.15, -0.1) is 0 Å². The van der Waals surface area contributed by atoms with Crippen molar-refractivity contribution in [2.75, 3.05) is 14.2 Å². The summed E-state index contributed by atoms with van der Waals surface area (Å²) < 4.78 is 10.5. The molecule has 1 rings (SSSR count). The second-order valence-corrected chi connectivity index (χ2v) is 3.98. The van der Waals surface area contributed by atoms with Crippen molar-refractivity contribution in [1.82, 2.24) is 5.32 Å². The first-order valence-electron chi connectivity index (χ1n) is 4.83. The van der Waals surface area contributed by atoms with Gasteiger partial charge in [0, 0.05) is 13.2 Å². The maximum absolute atomic E-state index is 5.45. The Kier molecular flexibility index (Phi) is 3.72. The minimum atomic E-state index is -0.175. The lowest BCUT2D eigenvalue weighted by Crippen LogP contribution is -2.47. The maximum Gasteiger partial charge on any atom is 0.0935 e. The zero-order chi connectivity index (χ0) is 10.6. The van der Waals surface area contributed by atoms with Crippen molar-refractivity contribution in [3.8, 4) is 0 Å². The van der Waals surface area contributed by atoms with Crippen molar-refractivity contribution in [2.45, 2.75) is 31.9 Å². The van der Waals surface area contributed by atoms with Gasteiger partial charge in [0.1, 0.15) is 0 Å². The molecule has 1 aromatic heterocycles. The van der Waals surface area contributed by atoms with Crippen molar-refractivity contribution in [3.05, 3.63) is 24.2 Å². The van der Waals surface area contributed by atoms with Gasteiger partial charge in [-0.2, -0.15) is 0 Å². The van der Waals surface area contributed by atoms with Crippen LogP contribution in [0.15, 0.2) is 23.0 Å². The monoisotopic (exact) mass is 197 g/mol. The SMILES string of the molecule is CNC(Cc1ccoc1)C(C)(C)OC. The van der Waals surface area contributed by atoms with Crippen LogP contribution in [0.1, 0.15) is 19.4 Å². The van der Waals surface area contributed by atoms with Gasteiger partial charge >= 0.3 is 0 Å². The predicted octanol–water partition coefficient (Wildman–Crippen LogP) is 1.84. The Bertz CT molecular complexity index is 254. The van der Waals surface area contributed by atoms with E-state index in [1.165, 1.54) is 5.56 Å². The van der Waals surface area contributed by atoms with Gasteiger partial charge in [-0.3, -0.25) is 0 Å². The highest BCUT2D eigenvalue weighted by Gasteiger charge is 2.28. The van der Waals surface area contributed by atoms with E-state index in [-0.39, 0.29) is 11.6 Å². The molecule has 3 heteroatoms. The van der Waals surface area contributed by atoms with Crippen LogP contribution in [-0.2, 0) is 11.2 Å². The minimum Gasteiger partial charge on any atom is -0.472 e. The quantitative estimate of drug-likeness (QED) is 0.782. The molecule has 14 heavy (non-hydrogen) atoms. The first kappa shape index (κ1) is 11.3. The lowest BCUT2D eigenvalue weighted by Gasteiger charge is -2.32. The molecule has 0 spiro atoms. The molecule has 80 valence electrons. The standard InChI is InChI=1S/C11H19NO2/c1-11(2,13-4)10(12-3)7-9-5-6-14-8-9/h5-6,8,10,12H,7H2,1-4H3. The van der Waals surface area contributed by atoms with Crippen molar-refractivity contribution < 1.29 is 9.15 Å². The van der Waals surface area contributed by atoms with Crippen molar-refractivity contribution in [2.24, 2.45) is 0 Å². The van der Waals surface area contributed by atoms with Gasteiger partial charge < -0.3 is 14.5 Å². The molecule has 1 unspecified atom stereocenters. The average molecular weight is 197 g/mol. The van der Waals surface area contributed by atoms with Gasteiger partial charge in [-0.05, 0) is 38.9 Å². The van der Waals surface area contributed by atoms with Gasteiger partial charge in [-0.1, -0.05) is 0 Å². The minimum absolute atomic E-state index is 0.175. The van der Waals surface area contributed by atoms with Crippen LogP contribution in [0.5, 0.6) is 0 Å². The smallest absolute Gasteiger partial charge is 0.0935 e. The Balaban J connectivity index is 2.64. The first-order valence-corrected chi connectivity index (χ1v) is 4.83. The molecule has 0 aromatic carbocycles. The lowest BCUT2D eigenvalue weighted by atomic mass is 9.93. The van der Waals surface area contributed by atoms with Crippen LogP contribution in [0.2, 0.25) is 0 Å².